The number of anilines is 3. The molecule has 1 heterocycles. The van der Waals surface area contributed by atoms with Gasteiger partial charge in [-0.05, 0) is 49.2 Å². The van der Waals surface area contributed by atoms with Gasteiger partial charge in [-0.2, -0.15) is 5.26 Å². The SMILES string of the molecule is CCCCC(=O)Nc1cccc(SCC(=O)Nc2sc(C(=O)Nc3ccccc3)c(C)c2C#N)c1. The molecular formula is C26H26N4O3S2. The number of nitrogens with zero attached hydrogens (tertiary/aromatic N) is 1. The zero-order valence-corrected chi connectivity index (χ0v) is 21.1. The molecule has 0 aliphatic rings. The van der Waals surface area contributed by atoms with Crippen molar-refractivity contribution in [2.75, 3.05) is 21.7 Å². The zero-order chi connectivity index (χ0) is 25.2. The zero-order valence-electron chi connectivity index (χ0n) is 19.5. The molecule has 0 saturated carbocycles. The molecule has 3 N–H and O–H groups in total. The summed E-state index contributed by atoms with van der Waals surface area (Å²) < 4.78 is 0. The van der Waals surface area contributed by atoms with Crippen LogP contribution in [0, 0.1) is 18.3 Å². The summed E-state index contributed by atoms with van der Waals surface area (Å²) in [6.45, 7) is 3.73. The summed E-state index contributed by atoms with van der Waals surface area (Å²) >= 11 is 2.40. The van der Waals surface area contributed by atoms with E-state index in [1.165, 1.54) is 11.8 Å². The van der Waals surface area contributed by atoms with Gasteiger partial charge in [-0.25, -0.2) is 0 Å². The lowest BCUT2D eigenvalue weighted by Gasteiger charge is -2.07. The molecule has 0 bridgehead atoms. The van der Waals surface area contributed by atoms with E-state index in [0.29, 0.717) is 33.2 Å². The minimum absolute atomic E-state index is 0.0315. The average Bonchev–Trinajstić information content (AvgIpc) is 3.17. The number of hydrogen-bond acceptors (Lipinski definition) is 6. The Kier molecular flexibility index (Phi) is 9.47. The Balaban J connectivity index is 1.62. The largest absolute Gasteiger partial charge is 0.326 e. The molecule has 3 amide bonds. The second-order valence-corrected chi connectivity index (χ2v) is 9.78. The Morgan fingerprint density at radius 3 is 2.43 bits per heavy atom. The smallest absolute Gasteiger partial charge is 0.266 e. The lowest BCUT2D eigenvalue weighted by molar-refractivity contribution is -0.116. The number of amides is 3. The van der Waals surface area contributed by atoms with E-state index in [-0.39, 0.29) is 29.0 Å². The van der Waals surface area contributed by atoms with Crippen molar-refractivity contribution < 1.29 is 14.4 Å². The van der Waals surface area contributed by atoms with Gasteiger partial charge in [-0.1, -0.05) is 37.6 Å². The minimum Gasteiger partial charge on any atom is -0.326 e. The predicted molar refractivity (Wildman–Crippen MR) is 142 cm³/mol. The fraction of sp³-hybridized carbons (Fsp3) is 0.231. The quantitative estimate of drug-likeness (QED) is 0.290. The number of unbranched alkanes of at least 4 members (excludes halogenated alkanes) is 1. The van der Waals surface area contributed by atoms with Crippen molar-refractivity contribution in [3.63, 3.8) is 0 Å². The van der Waals surface area contributed by atoms with Crippen LogP contribution in [0.15, 0.2) is 59.5 Å². The molecule has 7 nitrogen and oxygen atoms in total. The first kappa shape index (κ1) is 26.0. The Bertz CT molecular complexity index is 1250. The molecule has 1 aromatic heterocycles. The van der Waals surface area contributed by atoms with Crippen LogP contribution in [0.1, 0.15) is 47.0 Å². The van der Waals surface area contributed by atoms with Gasteiger partial charge >= 0.3 is 0 Å². The third-order valence-corrected chi connectivity index (χ3v) is 7.19. The molecule has 3 rings (SSSR count). The van der Waals surface area contributed by atoms with E-state index in [1.54, 1.807) is 19.1 Å². The standard InChI is InChI=1S/C26H26N4O3S2/c1-3-4-13-22(31)28-19-11-8-12-20(14-19)34-16-23(32)30-26-21(15-27)17(2)24(35-26)25(33)29-18-9-6-5-7-10-18/h5-12,14H,3-4,13,16H2,1-2H3,(H,28,31)(H,29,33)(H,30,32). The molecular weight excluding hydrogens is 480 g/mol. The number of carbonyl (C=O) groups excluding carboxylic acids is 3. The van der Waals surface area contributed by atoms with Crippen molar-refractivity contribution in [3.8, 4) is 6.07 Å². The van der Waals surface area contributed by atoms with Gasteiger partial charge in [0.2, 0.25) is 11.8 Å². The minimum atomic E-state index is -0.331. The first-order valence-electron chi connectivity index (χ1n) is 11.1. The van der Waals surface area contributed by atoms with Gasteiger partial charge in [-0.3, -0.25) is 14.4 Å². The lowest BCUT2D eigenvalue weighted by Crippen LogP contribution is -2.14. The van der Waals surface area contributed by atoms with Crippen LogP contribution in [0.2, 0.25) is 0 Å². The number of carbonyl (C=O) groups is 3. The molecule has 0 fully saturated rings. The highest BCUT2D eigenvalue weighted by atomic mass is 32.2. The summed E-state index contributed by atoms with van der Waals surface area (Å²) in [5.74, 6) is -0.542. The Labute approximate surface area is 212 Å². The lowest BCUT2D eigenvalue weighted by atomic mass is 10.1. The van der Waals surface area contributed by atoms with E-state index < -0.39 is 0 Å². The second kappa shape index (κ2) is 12.7. The topological polar surface area (TPSA) is 111 Å². The number of para-hydroxylation sites is 1. The number of hydrogen-bond donors (Lipinski definition) is 3. The molecule has 0 saturated heterocycles. The van der Waals surface area contributed by atoms with Crippen LogP contribution in [0.3, 0.4) is 0 Å². The summed E-state index contributed by atoms with van der Waals surface area (Å²) in [6, 6.07) is 18.4. The van der Waals surface area contributed by atoms with Gasteiger partial charge in [0.15, 0.2) is 0 Å². The number of nitriles is 1. The fourth-order valence-corrected chi connectivity index (χ4v) is 5.02. The summed E-state index contributed by atoms with van der Waals surface area (Å²) in [6.07, 6.45) is 2.26. The van der Waals surface area contributed by atoms with E-state index in [2.05, 4.69) is 22.0 Å². The van der Waals surface area contributed by atoms with E-state index in [4.69, 9.17) is 0 Å². The third-order valence-electron chi connectivity index (χ3n) is 4.99. The van der Waals surface area contributed by atoms with Crippen molar-refractivity contribution in [1.29, 1.82) is 5.26 Å². The Morgan fingerprint density at radius 2 is 1.71 bits per heavy atom. The Morgan fingerprint density at radius 1 is 0.971 bits per heavy atom. The second-order valence-electron chi connectivity index (χ2n) is 7.71. The summed E-state index contributed by atoms with van der Waals surface area (Å²) in [4.78, 5) is 38.5. The maximum absolute atomic E-state index is 12.7. The number of thioether (sulfide) groups is 1. The number of benzene rings is 2. The van der Waals surface area contributed by atoms with Crippen molar-refractivity contribution in [2.45, 2.75) is 38.0 Å². The Hall–Kier alpha value is -3.61. The van der Waals surface area contributed by atoms with Crippen LogP contribution in [-0.4, -0.2) is 23.5 Å². The molecule has 0 atom stereocenters. The monoisotopic (exact) mass is 506 g/mol. The third kappa shape index (κ3) is 7.44. The van der Waals surface area contributed by atoms with Gasteiger partial charge in [0.1, 0.15) is 11.1 Å². The molecule has 0 unspecified atom stereocenters. The number of nitrogens with one attached hydrogen (secondary N) is 3. The van der Waals surface area contributed by atoms with Crippen molar-refractivity contribution >= 4 is 57.2 Å². The van der Waals surface area contributed by atoms with Crippen LogP contribution in [-0.2, 0) is 9.59 Å². The van der Waals surface area contributed by atoms with Crippen LogP contribution in [0.5, 0.6) is 0 Å². The van der Waals surface area contributed by atoms with Crippen LogP contribution in [0.4, 0.5) is 16.4 Å². The molecule has 0 radical (unpaired) electrons. The molecule has 35 heavy (non-hydrogen) atoms. The van der Waals surface area contributed by atoms with Gasteiger partial charge < -0.3 is 16.0 Å². The van der Waals surface area contributed by atoms with Gasteiger partial charge in [0.05, 0.1) is 16.2 Å². The molecule has 0 spiro atoms. The maximum Gasteiger partial charge on any atom is 0.266 e. The number of thiophene rings is 1. The van der Waals surface area contributed by atoms with Crippen LogP contribution < -0.4 is 16.0 Å². The average molecular weight is 507 g/mol. The molecule has 0 aliphatic carbocycles. The van der Waals surface area contributed by atoms with Gasteiger partial charge in [0.25, 0.3) is 5.91 Å². The molecule has 0 aliphatic heterocycles. The highest BCUT2D eigenvalue weighted by Gasteiger charge is 2.21. The van der Waals surface area contributed by atoms with E-state index in [9.17, 15) is 19.6 Å². The van der Waals surface area contributed by atoms with Gasteiger partial charge in [0, 0.05) is 22.7 Å². The van der Waals surface area contributed by atoms with Crippen LogP contribution in [0.25, 0.3) is 0 Å². The van der Waals surface area contributed by atoms with E-state index in [0.717, 1.165) is 29.1 Å². The first-order valence-corrected chi connectivity index (χ1v) is 12.9. The summed E-state index contributed by atoms with van der Waals surface area (Å²) in [7, 11) is 0. The molecule has 2 aromatic carbocycles. The van der Waals surface area contributed by atoms with Crippen molar-refractivity contribution in [1.82, 2.24) is 0 Å². The van der Waals surface area contributed by atoms with Crippen molar-refractivity contribution in [2.24, 2.45) is 0 Å². The van der Waals surface area contributed by atoms with Gasteiger partial charge in [-0.15, -0.1) is 23.1 Å². The molecule has 180 valence electrons. The van der Waals surface area contributed by atoms with Crippen LogP contribution >= 0.6 is 23.1 Å². The summed E-state index contributed by atoms with van der Waals surface area (Å²) in [5.41, 5.74) is 2.14. The highest BCUT2D eigenvalue weighted by Crippen LogP contribution is 2.33. The fourth-order valence-electron chi connectivity index (χ4n) is 3.20. The highest BCUT2D eigenvalue weighted by molar-refractivity contribution is 8.00. The van der Waals surface area contributed by atoms with E-state index >= 15 is 0 Å². The molecule has 9 heteroatoms. The predicted octanol–water partition coefficient (Wildman–Crippen LogP) is 6.04. The normalized spacial score (nSPS) is 10.3. The number of rotatable bonds is 10. The van der Waals surface area contributed by atoms with E-state index in [1.807, 2.05) is 49.4 Å². The summed E-state index contributed by atoms with van der Waals surface area (Å²) in [5, 5.41) is 18.4. The van der Waals surface area contributed by atoms with Crippen molar-refractivity contribution in [3.05, 3.63) is 70.6 Å². The first-order chi connectivity index (χ1) is 16.9. The molecule has 3 aromatic rings. The maximum atomic E-state index is 12.7.